The van der Waals surface area contributed by atoms with Crippen LogP contribution in [0.25, 0.3) is 0 Å². The van der Waals surface area contributed by atoms with Gasteiger partial charge in [0.05, 0.1) is 0 Å². The predicted molar refractivity (Wildman–Crippen MR) is 122 cm³/mol. The zero-order chi connectivity index (χ0) is 19.0. The van der Waals surface area contributed by atoms with Gasteiger partial charge in [-0.1, -0.05) is 0 Å². The van der Waals surface area contributed by atoms with Gasteiger partial charge in [-0.15, -0.1) is 0 Å². The van der Waals surface area contributed by atoms with Crippen molar-refractivity contribution in [1.29, 1.82) is 0 Å². The molecule has 0 saturated heterocycles. The van der Waals surface area contributed by atoms with Crippen LogP contribution in [0.2, 0.25) is 3.93 Å². The average molecular weight is 463 g/mol. The van der Waals surface area contributed by atoms with Crippen molar-refractivity contribution in [3.63, 3.8) is 0 Å². The molecule has 0 aliphatic carbocycles. The first-order valence-electron chi connectivity index (χ1n) is 10.5. The molecule has 3 aromatic rings. The first-order chi connectivity index (χ1) is 13.3. The monoisotopic (exact) mass is 464 g/mol. The molecule has 0 spiro atoms. The molecule has 0 fully saturated rings. The van der Waals surface area contributed by atoms with E-state index in [4.69, 9.17) is 0 Å². The summed E-state index contributed by atoms with van der Waals surface area (Å²) in [5.41, 5.74) is 0. The summed E-state index contributed by atoms with van der Waals surface area (Å²) >= 11 is -3.10. The van der Waals surface area contributed by atoms with Crippen LogP contribution >= 0.6 is 0 Å². The zero-order valence-corrected chi connectivity index (χ0v) is 19.6. The number of hydrogen-bond donors (Lipinski definition) is 0. The van der Waals surface area contributed by atoms with Crippen molar-refractivity contribution >= 4 is 29.1 Å². The standard InChI is InChI=1S/C8H17.3C6H5.Sn/c1-3-5-7-8-6-4-2;3*1-2-4-6-5-3-1;/h3H,4-8H2,1-2H3;3*1-5H;. The molecule has 0 aliphatic heterocycles. The van der Waals surface area contributed by atoms with Gasteiger partial charge >= 0.3 is 170 Å². The van der Waals surface area contributed by atoms with E-state index in [0.29, 0.717) is 0 Å². The normalized spacial score (nSPS) is 12.7. The molecule has 0 radical (unpaired) electrons. The van der Waals surface area contributed by atoms with Gasteiger partial charge in [-0.2, -0.15) is 0 Å². The second-order valence-electron chi connectivity index (χ2n) is 7.66. The van der Waals surface area contributed by atoms with Crippen molar-refractivity contribution in [2.75, 3.05) is 0 Å². The zero-order valence-electron chi connectivity index (χ0n) is 16.8. The number of benzene rings is 3. The van der Waals surface area contributed by atoms with E-state index in [1.54, 1.807) is 10.7 Å². The molecule has 3 aromatic carbocycles. The predicted octanol–water partition coefficient (Wildman–Crippen LogP) is 5.52. The Labute approximate surface area is 169 Å². The van der Waals surface area contributed by atoms with Gasteiger partial charge in [-0.25, -0.2) is 0 Å². The van der Waals surface area contributed by atoms with Crippen LogP contribution in [0.4, 0.5) is 0 Å². The Kier molecular flexibility index (Phi) is 7.58. The quantitative estimate of drug-likeness (QED) is 0.290. The molecular weight excluding hydrogens is 431 g/mol. The van der Waals surface area contributed by atoms with Crippen molar-refractivity contribution in [3.8, 4) is 0 Å². The first-order valence-corrected chi connectivity index (χ1v) is 16.4. The fourth-order valence-corrected chi connectivity index (χ4v) is 20.2. The van der Waals surface area contributed by atoms with Crippen LogP contribution < -0.4 is 10.7 Å². The van der Waals surface area contributed by atoms with Crippen molar-refractivity contribution in [3.05, 3.63) is 91.0 Å². The van der Waals surface area contributed by atoms with Gasteiger partial charge in [-0.05, 0) is 0 Å². The van der Waals surface area contributed by atoms with E-state index in [0.717, 1.165) is 3.93 Å². The molecule has 0 saturated carbocycles. The van der Waals surface area contributed by atoms with E-state index >= 15 is 0 Å². The third-order valence-electron chi connectivity index (χ3n) is 5.92. The maximum atomic E-state index is 2.54. The number of unbranched alkanes of at least 4 members (excludes halogenated alkanes) is 3. The Morgan fingerprint density at radius 1 is 0.593 bits per heavy atom. The topological polar surface area (TPSA) is 0 Å². The Bertz CT molecular complexity index is 684. The molecule has 0 amide bonds. The molecule has 0 aliphatic rings. The van der Waals surface area contributed by atoms with Crippen molar-refractivity contribution in [2.24, 2.45) is 0 Å². The van der Waals surface area contributed by atoms with E-state index in [1.165, 1.54) is 32.1 Å². The molecule has 1 atom stereocenters. The van der Waals surface area contributed by atoms with Gasteiger partial charge in [0.1, 0.15) is 0 Å². The third-order valence-corrected chi connectivity index (χ3v) is 21.6. The van der Waals surface area contributed by atoms with Crippen LogP contribution in [0.3, 0.4) is 0 Å². The summed E-state index contributed by atoms with van der Waals surface area (Å²) in [5, 5.41) is 0. The van der Waals surface area contributed by atoms with E-state index in [2.05, 4.69) is 105 Å². The van der Waals surface area contributed by atoms with Gasteiger partial charge < -0.3 is 0 Å². The van der Waals surface area contributed by atoms with E-state index in [9.17, 15) is 0 Å². The molecule has 0 unspecified atom stereocenters. The third kappa shape index (κ3) is 4.48. The molecule has 0 aromatic heterocycles. The Balaban J connectivity index is 2.14. The Morgan fingerprint density at radius 3 is 1.37 bits per heavy atom. The minimum atomic E-state index is -3.10. The molecular formula is C26H32Sn. The van der Waals surface area contributed by atoms with Gasteiger partial charge in [0, 0.05) is 0 Å². The van der Waals surface area contributed by atoms with Crippen LogP contribution in [-0.2, 0) is 0 Å². The molecule has 0 nitrogen and oxygen atoms in total. The summed E-state index contributed by atoms with van der Waals surface area (Å²) in [7, 11) is 0. The van der Waals surface area contributed by atoms with Crippen LogP contribution in [-0.4, -0.2) is 18.4 Å². The summed E-state index contributed by atoms with van der Waals surface area (Å²) in [5.74, 6) is 0. The van der Waals surface area contributed by atoms with Crippen molar-refractivity contribution in [1.82, 2.24) is 0 Å². The summed E-state index contributed by atoms with van der Waals surface area (Å²) in [6, 6.07) is 34.3. The van der Waals surface area contributed by atoms with Crippen LogP contribution in [0.15, 0.2) is 91.0 Å². The summed E-state index contributed by atoms with van der Waals surface area (Å²) in [6.45, 7) is 4.83. The van der Waals surface area contributed by atoms with Gasteiger partial charge in [-0.3, -0.25) is 0 Å². The molecule has 1 heteroatoms. The van der Waals surface area contributed by atoms with Crippen molar-refractivity contribution < 1.29 is 0 Å². The van der Waals surface area contributed by atoms with E-state index in [1.807, 2.05) is 0 Å². The fraction of sp³-hybridized carbons (Fsp3) is 0.308. The van der Waals surface area contributed by atoms with Crippen LogP contribution in [0.5, 0.6) is 0 Å². The fourth-order valence-electron chi connectivity index (χ4n) is 4.55. The van der Waals surface area contributed by atoms with E-state index < -0.39 is 18.4 Å². The van der Waals surface area contributed by atoms with E-state index in [-0.39, 0.29) is 0 Å². The number of rotatable bonds is 9. The van der Waals surface area contributed by atoms with Gasteiger partial charge in [0.2, 0.25) is 0 Å². The molecule has 0 bridgehead atoms. The van der Waals surface area contributed by atoms with Crippen LogP contribution in [0, 0.1) is 0 Å². The summed E-state index contributed by atoms with van der Waals surface area (Å²) < 4.78 is 5.54. The second-order valence-corrected chi connectivity index (χ2v) is 20.0. The summed E-state index contributed by atoms with van der Waals surface area (Å²) in [6.07, 6.45) is 6.70. The molecule has 0 N–H and O–H groups in total. The van der Waals surface area contributed by atoms with Gasteiger partial charge in [0.15, 0.2) is 0 Å². The van der Waals surface area contributed by atoms with Crippen molar-refractivity contribution in [2.45, 2.75) is 49.9 Å². The molecule has 140 valence electrons. The average Bonchev–Trinajstić information content (AvgIpc) is 2.74. The molecule has 27 heavy (non-hydrogen) atoms. The number of hydrogen-bond acceptors (Lipinski definition) is 0. The second kappa shape index (κ2) is 10.1. The van der Waals surface area contributed by atoms with Gasteiger partial charge in [0.25, 0.3) is 0 Å². The molecule has 0 heterocycles. The van der Waals surface area contributed by atoms with Crippen LogP contribution in [0.1, 0.15) is 46.0 Å². The Morgan fingerprint density at radius 2 is 1.00 bits per heavy atom. The SMILES string of the molecule is CCCCCC[C@@H](C)[Sn]([c]1ccccc1)([c]1ccccc1)[c]1ccccc1. The minimum absolute atomic E-state index is 0.725. The molecule has 3 rings (SSSR count). The summed E-state index contributed by atoms with van der Waals surface area (Å²) in [4.78, 5) is 0. The Hall–Kier alpha value is -1.54. The first kappa shape index (κ1) is 20.2. The maximum absolute atomic E-state index is 3.10.